The minimum absolute atomic E-state index is 0.293. The molecular formula is C25H21N3O2. The van der Waals surface area contributed by atoms with E-state index in [0.29, 0.717) is 17.1 Å². The van der Waals surface area contributed by atoms with Crippen molar-refractivity contribution in [3.05, 3.63) is 102 Å². The summed E-state index contributed by atoms with van der Waals surface area (Å²) in [5, 5.41) is 3.76. The van der Waals surface area contributed by atoms with E-state index in [2.05, 4.69) is 16.9 Å². The number of nitrogens with one attached hydrogen (secondary N) is 1. The molecule has 0 atom stereocenters. The summed E-state index contributed by atoms with van der Waals surface area (Å²) in [6, 6.07) is 24.2. The number of benzene rings is 3. The lowest BCUT2D eigenvalue weighted by atomic mass is 9.95. The first kappa shape index (κ1) is 19.2. The van der Waals surface area contributed by atoms with Gasteiger partial charge < -0.3 is 15.8 Å². The average molecular weight is 395 g/mol. The number of hydrogen-bond acceptors (Lipinski definition) is 4. The van der Waals surface area contributed by atoms with Gasteiger partial charge in [-0.25, -0.2) is 4.98 Å². The third kappa shape index (κ3) is 3.73. The smallest absolute Gasteiger partial charge is 0.274 e. The van der Waals surface area contributed by atoms with Crippen LogP contribution in [-0.4, -0.2) is 18.0 Å². The molecule has 0 fully saturated rings. The summed E-state index contributed by atoms with van der Waals surface area (Å²) in [6.45, 7) is 4.28. The van der Waals surface area contributed by atoms with Crippen molar-refractivity contribution in [1.82, 2.24) is 4.98 Å². The van der Waals surface area contributed by atoms with E-state index in [1.807, 2.05) is 60.7 Å². The number of nitrogens with zero attached hydrogens (tertiary/aromatic N) is 1. The lowest BCUT2D eigenvalue weighted by molar-refractivity contribution is 0.102. The number of amides is 1. The maximum absolute atomic E-state index is 12.9. The minimum atomic E-state index is -0.331. The number of carbonyl (C=O) groups is 1. The van der Waals surface area contributed by atoms with E-state index < -0.39 is 0 Å². The molecule has 0 saturated carbocycles. The molecule has 30 heavy (non-hydrogen) atoms. The first-order valence-corrected chi connectivity index (χ1v) is 9.46. The zero-order valence-corrected chi connectivity index (χ0v) is 16.6. The van der Waals surface area contributed by atoms with E-state index in [9.17, 15) is 4.79 Å². The van der Waals surface area contributed by atoms with Crippen molar-refractivity contribution in [3.8, 4) is 5.75 Å². The fourth-order valence-electron chi connectivity index (χ4n) is 3.29. The van der Waals surface area contributed by atoms with Crippen molar-refractivity contribution in [2.75, 3.05) is 18.2 Å². The highest BCUT2D eigenvalue weighted by atomic mass is 16.5. The summed E-state index contributed by atoms with van der Waals surface area (Å²) in [5.74, 6) is 0.439. The lowest BCUT2D eigenvalue weighted by Gasteiger charge is -2.13. The van der Waals surface area contributed by atoms with Crippen molar-refractivity contribution in [2.45, 2.75) is 0 Å². The molecule has 0 radical (unpaired) electrons. The molecule has 0 saturated heterocycles. The van der Waals surface area contributed by atoms with E-state index in [0.717, 1.165) is 33.4 Å². The number of anilines is 2. The fourth-order valence-corrected chi connectivity index (χ4v) is 3.29. The molecule has 4 aromatic rings. The molecule has 0 aliphatic carbocycles. The third-order valence-corrected chi connectivity index (χ3v) is 4.92. The van der Waals surface area contributed by atoms with Crippen molar-refractivity contribution < 1.29 is 9.53 Å². The Morgan fingerprint density at radius 1 is 1.00 bits per heavy atom. The van der Waals surface area contributed by atoms with Crippen LogP contribution in [0.15, 0.2) is 85.4 Å². The first-order chi connectivity index (χ1) is 14.6. The first-order valence-electron chi connectivity index (χ1n) is 9.46. The van der Waals surface area contributed by atoms with Gasteiger partial charge in [0.05, 0.1) is 24.0 Å². The molecule has 0 aliphatic heterocycles. The van der Waals surface area contributed by atoms with Crippen LogP contribution in [0.2, 0.25) is 0 Å². The van der Waals surface area contributed by atoms with Gasteiger partial charge in [-0.3, -0.25) is 4.79 Å². The van der Waals surface area contributed by atoms with Crippen LogP contribution >= 0.6 is 0 Å². The van der Waals surface area contributed by atoms with E-state index in [1.165, 1.54) is 0 Å². The van der Waals surface area contributed by atoms with Crippen molar-refractivity contribution >= 4 is 33.8 Å². The van der Waals surface area contributed by atoms with Gasteiger partial charge in [-0.15, -0.1) is 0 Å². The molecule has 5 heteroatoms. The number of ether oxygens (including phenoxy) is 1. The lowest BCUT2D eigenvalue weighted by Crippen LogP contribution is -2.15. The van der Waals surface area contributed by atoms with Crippen LogP contribution in [-0.2, 0) is 0 Å². The maximum atomic E-state index is 12.9. The highest BCUT2D eigenvalue weighted by Crippen LogP contribution is 2.30. The summed E-state index contributed by atoms with van der Waals surface area (Å²) in [7, 11) is 1.63. The fraction of sp³-hybridized carbons (Fsp3) is 0.0400. The molecule has 0 spiro atoms. The Hall–Kier alpha value is -4.12. The second-order valence-corrected chi connectivity index (χ2v) is 6.82. The molecule has 4 rings (SSSR count). The summed E-state index contributed by atoms with van der Waals surface area (Å²) >= 11 is 0. The summed E-state index contributed by atoms with van der Waals surface area (Å²) in [5.41, 5.74) is 10.6. The summed E-state index contributed by atoms with van der Waals surface area (Å²) in [4.78, 5) is 17.5. The Balaban J connectivity index is 1.76. The van der Waals surface area contributed by atoms with Crippen LogP contribution < -0.4 is 15.8 Å². The number of pyridine rings is 1. The largest absolute Gasteiger partial charge is 0.497 e. The van der Waals surface area contributed by atoms with E-state index in [4.69, 9.17) is 10.5 Å². The number of carbonyl (C=O) groups excluding carboxylic acids is 1. The quantitative estimate of drug-likeness (QED) is 0.459. The Morgan fingerprint density at radius 2 is 1.70 bits per heavy atom. The van der Waals surface area contributed by atoms with Crippen LogP contribution in [0.4, 0.5) is 11.4 Å². The number of nitrogen functional groups attached to an aromatic ring is 1. The minimum Gasteiger partial charge on any atom is -0.497 e. The van der Waals surface area contributed by atoms with Crippen molar-refractivity contribution in [2.24, 2.45) is 0 Å². The monoisotopic (exact) mass is 395 g/mol. The third-order valence-electron chi connectivity index (χ3n) is 4.92. The molecule has 0 bridgehead atoms. The Bertz CT molecular complexity index is 1250. The van der Waals surface area contributed by atoms with Gasteiger partial charge >= 0.3 is 0 Å². The Kier molecular flexibility index (Phi) is 5.18. The molecule has 0 aliphatic rings. The predicted octanol–water partition coefficient (Wildman–Crippen LogP) is 5.14. The van der Waals surface area contributed by atoms with Crippen molar-refractivity contribution in [3.63, 3.8) is 0 Å². The van der Waals surface area contributed by atoms with Crippen molar-refractivity contribution in [1.29, 1.82) is 0 Å². The second-order valence-electron chi connectivity index (χ2n) is 6.82. The SMILES string of the molecule is C=C(c1ccc(OC)cc1)c1cc(C(=O)Nc2ccccc2N)nc2ccccc12. The average Bonchev–Trinajstić information content (AvgIpc) is 2.79. The Labute approximate surface area is 174 Å². The van der Waals surface area contributed by atoms with Gasteiger partial charge in [0, 0.05) is 5.39 Å². The van der Waals surface area contributed by atoms with Crippen LogP contribution in [0.25, 0.3) is 16.5 Å². The topological polar surface area (TPSA) is 77.2 Å². The van der Waals surface area contributed by atoms with Gasteiger partial charge in [0.25, 0.3) is 5.91 Å². The number of rotatable bonds is 5. The van der Waals surface area contributed by atoms with Crippen LogP contribution in [0.3, 0.4) is 0 Å². The van der Waals surface area contributed by atoms with Crippen LogP contribution in [0.1, 0.15) is 21.6 Å². The molecule has 3 N–H and O–H groups in total. The number of nitrogens with two attached hydrogens (primary N) is 1. The second kappa shape index (κ2) is 8.09. The maximum Gasteiger partial charge on any atom is 0.274 e. The van der Waals surface area contributed by atoms with E-state index >= 15 is 0 Å². The highest BCUT2D eigenvalue weighted by molar-refractivity contribution is 6.07. The summed E-state index contributed by atoms with van der Waals surface area (Å²) in [6.07, 6.45) is 0. The van der Waals surface area contributed by atoms with Gasteiger partial charge in [-0.1, -0.05) is 49.0 Å². The van der Waals surface area contributed by atoms with Gasteiger partial charge in [-0.05, 0) is 53.1 Å². The number of fused-ring (bicyclic) bond motifs is 1. The van der Waals surface area contributed by atoms with E-state index in [1.54, 1.807) is 25.3 Å². The number of hydrogen-bond donors (Lipinski definition) is 2. The highest BCUT2D eigenvalue weighted by Gasteiger charge is 2.15. The zero-order chi connectivity index (χ0) is 21.1. The van der Waals surface area contributed by atoms with Crippen LogP contribution in [0.5, 0.6) is 5.75 Å². The van der Waals surface area contributed by atoms with Gasteiger partial charge in [-0.2, -0.15) is 0 Å². The molecule has 1 amide bonds. The van der Waals surface area contributed by atoms with Gasteiger partial charge in [0.2, 0.25) is 0 Å². The molecule has 148 valence electrons. The molecule has 3 aromatic carbocycles. The number of para-hydroxylation sites is 3. The Morgan fingerprint density at radius 3 is 2.43 bits per heavy atom. The predicted molar refractivity (Wildman–Crippen MR) is 122 cm³/mol. The van der Waals surface area contributed by atoms with Gasteiger partial charge in [0.15, 0.2) is 0 Å². The molecule has 5 nitrogen and oxygen atoms in total. The number of methoxy groups -OCH3 is 1. The molecule has 1 aromatic heterocycles. The molecule has 0 unspecified atom stereocenters. The number of aromatic nitrogens is 1. The normalized spacial score (nSPS) is 10.6. The summed E-state index contributed by atoms with van der Waals surface area (Å²) < 4.78 is 5.24. The standard InChI is InChI=1S/C25H21N3O2/c1-16(17-11-13-18(30-2)14-12-17)20-15-24(27-22-9-5-3-7-19(20)22)25(29)28-23-10-6-4-8-21(23)26/h3-15H,1,26H2,2H3,(H,28,29). The van der Waals surface area contributed by atoms with Crippen LogP contribution in [0, 0.1) is 0 Å². The molecule has 1 heterocycles. The zero-order valence-electron chi connectivity index (χ0n) is 16.6. The van der Waals surface area contributed by atoms with Gasteiger partial charge in [0.1, 0.15) is 11.4 Å². The van der Waals surface area contributed by atoms with E-state index in [-0.39, 0.29) is 5.91 Å². The molecular weight excluding hydrogens is 374 g/mol.